The van der Waals surface area contributed by atoms with Gasteiger partial charge in [-0.15, -0.1) is 23.7 Å². The van der Waals surface area contributed by atoms with Crippen LogP contribution in [0.5, 0.6) is 0 Å². The number of fused-ring (bicyclic) bond motifs is 1. The molecule has 2 N–H and O–H groups in total. The van der Waals surface area contributed by atoms with Gasteiger partial charge in [-0.2, -0.15) is 13.2 Å². The molecule has 0 aliphatic rings. The molecule has 2 amide bonds. The Kier molecular flexibility index (Phi) is 5.30. The quantitative estimate of drug-likeness (QED) is 0.633. The van der Waals surface area contributed by atoms with Crippen LogP contribution in [0, 0.1) is 0 Å². The zero-order chi connectivity index (χ0) is 16.4. The number of carbonyl (C=O) groups is 1. The topological polar surface area (TPSA) is 54.0 Å². The van der Waals surface area contributed by atoms with Crippen molar-refractivity contribution in [3.63, 3.8) is 0 Å². The Morgan fingerprint density at radius 2 is 1.88 bits per heavy atom. The fourth-order valence-electron chi connectivity index (χ4n) is 2.02. The highest BCUT2D eigenvalue weighted by Crippen LogP contribution is 2.34. The molecule has 4 nitrogen and oxygen atoms in total. The summed E-state index contributed by atoms with van der Waals surface area (Å²) in [7, 11) is 0. The lowest BCUT2D eigenvalue weighted by Crippen LogP contribution is -2.19. The van der Waals surface area contributed by atoms with E-state index < -0.39 is 17.8 Å². The molecule has 9 heteroatoms. The zero-order valence-electron chi connectivity index (χ0n) is 11.9. The van der Waals surface area contributed by atoms with Gasteiger partial charge in [-0.3, -0.25) is 10.3 Å². The Morgan fingerprint density at radius 1 is 1.12 bits per heavy atom. The van der Waals surface area contributed by atoms with Crippen LogP contribution in [0.15, 0.2) is 48.0 Å². The van der Waals surface area contributed by atoms with E-state index >= 15 is 0 Å². The fourth-order valence-corrected chi connectivity index (χ4v) is 2.82. The molecule has 0 spiro atoms. The third-order valence-electron chi connectivity index (χ3n) is 3.06. The van der Waals surface area contributed by atoms with E-state index in [9.17, 15) is 18.0 Å². The molecule has 0 aliphatic carbocycles. The Labute approximate surface area is 145 Å². The molecule has 0 unspecified atom stereocenters. The van der Waals surface area contributed by atoms with E-state index in [1.54, 1.807) is 24.4 Å². The van der Waals surface area contributed by atoms with Crippen LogP contribution in [-0.4, -0.2) is 11.0 Å². The highest BCUT2D eigenvalue weighted by molar-refractivity contribution is 7.14. The van der Waals surface area contributed by atoms with E-state index in [1.807, 2.05) is 12.1 Å². The van der Waals surface area contributed by atoms with Gasteiger partial charge in [0, 0.05) is 17.0 Å². The summed E-state index contributed by atoms with van der Waals surface area (Å²) >= 11 is 0.815. The van der Waals surface area contributed by atoms with Crippen molar-refractivity contribution in [1.82, 2.24) is 4.98 Å². The fraction of sp³-hybridized carbons (Fsp3) is 0.0667. The van der Waals surface area contributed by atoms with Crippen molar-refractivity contribution in [2.75, 3.05) is 10.6 Å². The Morgan fingerprint density at radius 3 is 2.58 bits per heavy atom. The summed E-state index contributed by atoms with van der Waals surface area (Å²) in [6.07, 6.45) is -2.88. The summed E-state index contributed by atoms with van der Waals surface area (Å²) in [5.41, 5.74) is 0.452. The highest BCUT2D eigenvalue weighted by atomic mass is 35.5. The minimum atomic E-state index is -4.42. The van der Waals surface area contributed by atoms with Gasteiger partial charge in [0.1, 0.15) is 0 Å². The molecule has 3 aromatic rings. The van der Waals surface area contributed by atoms with Crippen molar-refractivity contribution < 1.29 is 18.0 Å². The van der Waals surface area contributed by atoms with E-state index in [-0.39, 0.29) is 17.4 Å². The molecule has 0 fully saturated rings. The summed E-state index contributed by atoms with van der Waals surface area (Å²) in [6, 6.07) is 9.13. The number of amides is 2. The molecule has 3 rings (SSSR count). The lowest BCUT2D eigenvalue weighted by molar-refractivity contribution is -0.137. The van der Waals surface area contributed by atoms with Gasteiger partial charge in [0.2, 0.25) is 0 Å². The number of carbonyl (C=O) groups excluding carboxylic acids is 1. The van der Waals surface area contributed by atoms with Crippen LogP contribution in [0.25, 0.3) is 10.9 Å². The smallest absolute Gasteiger partial charge is 0.307 e. The molecule has 0 radical (unpaired) electrons. The second-order valence-electron chi connectivity index (χ2n) is 4.65. The number of halogens is 4. The Hall–Kier alpha value is -2.32. The van der Waals surface area contributed by atoms with Crippen LogP contribution in [0.3, 0.4) is 0 Å². The average Bonchev–Trinajstić information content (AvgIpc) is 2.96. The molecular weight excluding hydrogens is 363 g/mol. The van der Waals surface area contributed by atoms with Crippen molar-refractivity contribution in [1.29, 1.82) is 0 Å². The molecule has 0 saturated carbocycles. The maximum absolute atomic E-state index is 12.5. The third kappa shape index (κ3) is 3.95. The number of hydrogen-bond donors (Lipinski definition) is 2. The van der Waals surface area contributed by atoms with E-state index in [1.165, 1.54) is 0 Å². The molecule has 126 valence electrons. The number of para-hydroxylation sites is 1. The summed E-state index contributed by atoms with van der Waals surface area (Å²) in [5, 5.41) is 6.83. The number of urea groups is 1. The monoisotopic (exact) mass is 373 g/mol. The predicted octanol–water partition coefficient (Wildman–Crippen LogP) is 5.38. The molecule has 0 bridgehead atoms. The molecular formula is C15H11ClF3N3OS. The van der Waals surface area contributed by atoms with Gasteiger partial charge in [0.05, 0.1) is 21.8 Å². The molecule has 0 aliphatic heterocycles. The van der Waals surface area contributed by atoms with Crippen molar-refractivity contribution in [3.8, 4) is 0 Å². The average molecular weight is 374 g/mol. The van der Waals surface area contributed by atoms with Crippen molar-refractivity contribution in [2.45, 2.75) is 6.18 Å². The number of aromatic nitrogens is 1. The van der Waals surface area contributed by atoms with Gasteiger partial charge >= 0.3 is 12.2 Å². The summed E-state index contributed by atoms with van der Waals surface area (Å²) in [5.74, 6) is 0. The van der Waals surface area contributed by atoms with E-state index in [2.05, 4.69) is 15.6 Å². The number of thiophene rings is 1. The van der Waals surface area contributed by atoms with Gasteiger partial charge in [0.25, 0.3) is 0 Å². The van der Waals surface area contributed by atoms with Crippen molar-refractivity contribution in [2.24, 2.45) is 0 Å². The second kappa shape index (κ2) is 7.06. The minimum absolute atomic E-state index is 0. The Balaban J connectivity index is 0.00000208. The van der Waals surface area contributed by atoms with E-state index in [4.69, 9.17) is 0 Å². The van der Waals surface area contributed by atoms with Crippen molar-refractivity contribution >= 4 is 51.4 Å². The van der Waals surface area contributed by atoms with Gasteiger partial charge in [-0.05, 0) is 18.2 Å². The molecule has 0 saturated heterocycles. The maximum atomic E-state index is 12.5. The van der Waals surface area contributed by atoms with Crippen LogP contribution >= 0.6 is 23.7 Å². The van der Waals surface area contributed by atoms with Gasteiger partial charge in [0.15, 0.2) is 0 Å². The number of nitrogens with one attached hydrogen (secondary N) is 2. The van der Waals surface area contributed by atoms with Crippen LogP contribution in [0.2, 0.25) is 0 Å². The lowest BCUT2D eigenvalue weighted by atomic mass is 10.2. The van der Waals surface area contributed by atoms with E-state index in [0.29, 0.717) is 11.2 Å². The first-order valence-corrected chi connectivity index (χ1v) is 7.39. The van der Waals surface area contributed by atoms with Crippen LogP contribution in [-0.2, 0) is 6.18 Å². The number of hydrogen-bond acceptors (Lipinski definition) is 3. The summed E-state index contributed by atoms with van der Waals surface area (Å²) in [6.45, 7) is 0. The highest BCUT2D eigenvalue weighted by Gasteiger charge is 2.31. The zero-order valence-corrected chi connectivity index (χ0v) is 13.6. The van der Waals surface area contributed by atoms with Gasteiger partial charge in [-0.1, -0.05) is 18.2 Å². The van der Waals surface area contributed by atoms with Gasteiger partial charge < -0.3 is 5.32 Å². The first-order chi connectivity index (χ1) is 10.9. The predicted molar refractivity (Wildman–Crippen MR) is 91.0 cm³/mol. The number of nitrogens with zero attached hydrogens (tertiary/aromatic N) is 1. The van der Waals surface area contributed by atoms with E-state index in [0.717, 1.165) is 28.2 Å². The minimum Gasteiger partial charge on any atom is -0.307 e. The first-order valence-electron chi connectivity index (χ1n) is 6.51. The molecule has 24 heavy (non-hydrogen) atoms. The third-order valence-corrected chi connectivity index (χ3v) is 3.91. The Bertz CT molecular complexity index is 861. The summed E-state index contributed by atoms with van der Waals surface area (Å²) < 4.78 is 37.6. The van der Waals surface area contributed by atoms with Crippen LogP contribution < -0.4 is 10.6 Å². The molecule has 0 atom stereocenters. The van der Waals surface area contributed by atoms with Crippen molar-refractivity contribution in [3.05, 3.63) is 53.5 Å². The largest absolute Gasteiger partial charge is 0.417 e. The molecule has 2 aromatic heterocycles. The number of alkyl halides is 3. The number of rotatable bonds is 2. The summed E-state index contributed by atoms with van der Waals surface area (Å²) in [4.78, 5) is 16.1. The number of benzene rings is 1. The standard InChI is InChI=1S/C15H10F3N3OS.ClH/c16-15(17,18)9-7-13(23-8-9)21-14(22)20-12-5-6-19-11-4-2-1-3-10(11)12;/h1-8H,(H2,19,20,21,22);1H. The second-order valence-corrected chi connectivity index (χ2v) is 5.56. The van der Waals surface area contributed by atoms with Gasteiger partial charge in [-0.25, -0.2) is 4.79 Å². The normalized spacial score (nSPS) is 11.0. The van der Waals surface area contributed by atoms with Crippen LogP contribution in [0.1, 0.15) is 5.56 Å². The van der Waals surface area contributed by atoms with Crippen LogP contribution in [0.4, 0.5) is 28.7 Å². The lowest BCUT2D eigenvalue weighted by Gasteiger charge is -2.08. The number of pyridine rings is 1. The SMILES string of the molecule is Cl.O=C(Nc1cc(C(F)(F)F)cs1)Nc1ccnc2ccccc12. The number of anilines is 2. The first kappa shape index (κ1) is 18.0. The molecule has 2 heterocycles. The maximum Gasteiger partial charge on any atom is 0.417 e. The molecule has 1 aromatic carbocycles.